The van der Waals surface area contributed by atoms with Gasteiger partial charge in [-0.1, -0.05) is 48.9 Å². The normalized spacial score (nSPS) is 14.6. The topological polar surface area (TPSA) is 67.1 Å². The average molecular weight is 543 g/mol. The van der Waals surface area contributed by atoms with Gasteiger partial charge in [-0.15, -0.1) is 34.2 Å². The first-order valence-electron chi connectivity index (χ1n) is 10.8. The first-order chi connectivity index (χ1) is 14.2. The summed E-state index contributed by atoms with van der Waals surface area (Å²) in [7, 11) is 0. The molecule has 0 radical (unpaired) electrons. The Morgan fingerprint density at radius 3 is 2.67 bits per heavy atom. The van der Waals surface area contributed by atoms with Crippen molar-refractivity contribution < 1.29 is 0 Å². The van der Waals surface area contributed by atoms with Gasteiger partial charge in [-0.3, -0.25) is 0 Å². The second-order valence-electron chi connectivity index (χ2n) is 7.56. The highest BCUT2D eigenvalue weighted by Crippen LogP contribution is 2.33. The molecule has 166 valence electrons. The Kier molecular flexibility index (Phi) is 11.0. The molecule has 30 heavy (non-hydrogen) atoms. The van der Waals surface area contributed by atoms with Gasteiger partial charge < -0.3 is 15.2 Å². The van der Waals surface area contributed by atoms with Crippen molar-refractivity contribution in [1.29, 1.82) is 0 Å². The van der Waals surface area contributed by atoms with Crippen LogP contribution in [-0.2, 0) is 13.0 Å². The lowest BCUT2D eigenvalue weighted by Crippen LogP contribution is -2.38. The number of aromatic nitrogens is 3. The van der Waals surface area contributed by atoms with Crippen LogP contribution in [0.2, 0.25) is 0 Å². The minimum Gasteiger partial charge on any atom is -0.357 e. The third-order valence-electron chi connectivity index (χ3n) is 5.49. The molecular formula is C22H35IN6S. The van der Waals surface area contributed by atoms with E-state index in [4.69, 9.17) is 4.99 Å². The SMILES string of the molecule is CCNC(=NCc1ccccc1C)NCCCc1nnc(SC)n1C1CCCC1.I. The van der Waals surface area contributed by atoms with Crippen molar-refractivity contribution in [2.24, 2.45) is 4.99 Å². The molecule has 1 fully saturated rings. The first-order valence-corrected chi connectivity index (χ1v) is 12.0. The van der Waals surface area contributed by atoms with Crippen LogP contribution in [-0.4, -0.2) is 40.1 Å². The van der Waals surface area contributed by atoms with Gasteiger partial charge in [0.05, 0.1) is 6.54 Å². The van der Waals surface area contributed by atoms with Gasteiger partial charge in [-0.05, 0) is 50.5 Å². The second-order valence-corrected chi connectivity index (χ2v) is 8.34. The second kappa shape index (κ2) is 13.2. The number of nitrogens with zero attached hydrogens (tertiary/aromatic N) is 4. The number of aliphatic imine (C=N–C) groups is 1. The monoisotopic (exact) mass is 542 g/mol. The fraction of sp³-hybridized carbons (Fsp3) is 0.591. The molecule has 2 N–H and O–H groups in total. The van der Waals surface area contributed by atoms with Crippen molar-refractivity contribution in [3.05, 3.63) is 41.2 Å². The van der Waals surface area contributed by atoms with E-state index in [0.717, 1.165) is 42.9 Å². The van der Waals surface area contributed by atoms with E-state index < -0.39 is 0 Å². The molecule has 6 nitrogen and oxygen atoms in total. The van der Waals surface area contributed by atoms with Gasteiger partial charge >= 0.3 is 0 Å². The van der Waals surface area contributed by atoms with Crippen LogP contribution in [0.4, 0.5) is 0 Å². The molecule has 1 aromatic heterocycles. The van der Waals surface area contributed by atoms with E-state index in [9.17, 15) is 0 Å². The Balaban J connectivity index is 0.00000320. The summed E-state index contributed by atoms with van der Waals surface area (Å²) in [6.45, 7) is 6.64. The standard InChI is InChI=1S/C22H34N6S.HI/c1-4-23-21(25-16-18-11-6-5-10-17(18)2)24-15-9-14-20-26-27-22(29-3)28(20)19-12-7-8-13-19;/h5-6,10-11,19H,4,7-9,12-16H2,1-3H3,(H2,23,24,25);1H. The Labute approximate surface area is 202 Å². The summed E-state index contributed by atoms with van der Waals surface area (Å²) < 4.78 is 2.40. The molecule has 0 aliphatic heterocycles. The summed E-state index contributed by atoms with van der Waals surface area (Å²) in [6, 6.07) is 9.00. The number of hydrogen-bond donors (Lipinski definition) is 2. The number of rotatable bonds is 9. The third kappa shape index (κ3) is 6.87. The van der Waals surface area contributed by atoms with Crippen LogP contribution in [0.15, 0.2) is 34.4 Å². The van der Waals surface area contributed by atoms with Crippen molar-refractivity contribution in [1.82, 2.24) is 25.4 Å². The van der Waals surface area contributed by atoms with Crippen LogP contribution in [0.25, 0.3) is 0 Å². The molecule has 0 saturated heterocycles. The van der Waals surface area contributed by atoms with Crippen LogP contribution in [0.3, 0.4) is 0 Å². The van der Waals surface area contributed by atoms with Crippen LogP contribution in [0.5, 0.6) is 0 Å². The van der Waals surface area contributed by atoms with Crippen molar-refractivity contribution in [2.75, 3.05) is 19.3 Å². The molecular weight excluding hydrogens is 507 g/mol. The molecule has 0 amide bonds. The fourth-order valence-electron chi connectivity index (χ4n) is 3.89. The van der Waals surface area contributed by atoms with E-state index in [0.29, 0.717) is 12.6 Å². The minimum absolute atomic E-state index is 0. The predicted molar refractivity (Wildman–Crippen MR) is 137 cm³/mol. The predicted octanol–water partition coefficient (Wildman–Crippen LogP) is 4.73. The van der Waals surface area contributed by atoms with Crippen molar-refractivity contribution >= 4 is 41.7 Å². The zero-order valence-electron chi connectivity index (χ0n) is 18.4. The van der Waals surface area contributed by atoms with Crippen LogP contribution < -0.4 is 10.6 Å². The van der Waals surface area contributed by atoms with Crippen molar-refractivity contribution in [3.8, 4) is 0 Å². The van der Waals surface area contributed by atoms with Gasteiger partial charge in [0, 0.05) is 25.6 Å². The average Bonchev–Trinajstić information content (AvgIpc) is 3.39. The van der Waals surface area contributed by atoms with E-state index in [1.165, 1.54) is 36.8 Å². The Bertz CT molecular complexity index is 801. The third-order valence-corrected chi connectivity index (χ3v) is 6.13. The van der Waals surface area contributed by atoms with E-state index in [1.807, 2.05) is 0 Å². The van der Waals surface area contributed by atoms with E-state index >= 15 is 0 Å². The summed E-state index contributed by atoms with van der Waals surface area (Å²) in [6.07, 6.45) is 9.19. The highest BCUT2D eigenvalue weighted by atomic mass is 127. The van der Waals surface area contributed by atoms with Gasteiger partial charge in [0.2, 0.25) is 0 Å². The molecule has 1 aliphatic rings. The van der Waals surface area contributed by atoms with E-state index in [-0.39, 0.29) is 24.0 Å². The lowest BCUT2D eigenvalue weighted by atomic mass is 10.1. The zero-order valence-corrected chi connectivity index (χ0v) is 21.5. The molecule has 0 unspecified atom stereocenters. The molecule has 8 heteroatoms. The van der Waals surface area contributed by atoms with Gasteiger partial charge in [-0.2, -0.15) is 0 Å². The Morgan fingerprint density at radius 2 is 1.97 bits per heavy atom. The molecule has 1 heterocycles. The summed E-state index contributed by atoms with van der Waals surface area (Å²) in [5, 5.41) is 16.8. The summed E-state index contributed by atoms with van der Waals surface area (Å²) in [5.74, 6) is 2.00. The van der Waals surface area contributed by atoms with Crippen LogP contribution in [0, 0.1) is 6.92 Å². The zero-order chi connectivity index (χ0) is 20.5. The maximum atomic E-state index is 4.74. The first kappa shape index (κ1) is 25.0. The van der Waals surface area contributed by atoms with Crippen molar-refractivity contribution in [2.45, 2.75) is 70.1 Å². The van der Waals surface area contributed by atoms with Crippen LogP contribution >= 0.6 is 35.7 Å². The number of hydrogen-bond acceptors (Lipinski definition) is 4. The smallest absolute Gasteiger partial charge is 0.191 e. The fourth-order valence-corrected chi connectivity index (χ4v) is 4.47. The molecule has 3 rings (SSSR count). The highest BCUT2D eigenvalue weighted by molar-refractivity contribution is 14.0. The van der Waals surface area contributed by atoms with Gasteiger partial charge in [-0.25, -0.2) is 4.99 Å². The molecule has 1 saturated carbocycles. The van der Waals surface area contributed by atoms with Crippen LogP contribution in [0.1, 0.15) is 62.0 Å². The number of benzene rings is 1. The number of halogens is 1. The Morgan fingerprint density at radius 1 is 1.20 bits per heavy atom. The van der Waals surface area contributed by atoms with Gasteiger partial charge in [0.15, 0.2) is 11.1 Å². The molecule has 2 aromatic rings. The minimum atomic E-state index is 0. The van der Waals surface area contributed by atoms with Crippen molar-refractivity contribution in [3.63, 3.8) is 0 Å². The van der Waals surface area contributed by atoms with Gasteiger partial charge in [0.1, 0.15) is 5.82 Å². The number of aryl methyl sites for hydroxylation is 2. The summed E-state index contributed by atoms with van der Waals surface area (Å²) >= 11 is 1.70. The highest BCUT2D eigenvalue weighted by Gasteiger charge is 2.23. The Hall–Kier alpha value is -1.29. The largest absolute Gasteiger partial charge is 0.357 e. The molecule has 0 spiro atoms. The quantitative estimate of drug-likeness (QED) is 0.158. The molecule has 1 aliphatic carbocycles. The summed E-state index contributed by atoms with van der Waals surface area (Å²) in [5.41, 5.74) is 2.54. The van der Waals surface area contributed by atoms with E-state index in [2.05, 4.69) is 69.8 Å². The molecule has 0 atom stereocenters. The lowest BCUT2D eigenvalue weighted by Gasteiger charge is -2.16. The molecule has 1 aromatic carbocycles. The van der Waals surface area contributed by atoms with Gasteiger partial charge in [0.25, 0.3) is 0 Å². The number of thioether (sulfide) groups is 1. The summed E-state index contributed by atoms with van der Waals surface area (Å²) in [4.78, 5) is 4.74. The molecule has 0 bridgehead atoms. The number of guanidine groups is 1. The van der Waals surface area contributed by atoms with E-state index in [1.54, 1.807) is 11.8 Å². The number of nitrogens with one attached hydrogen (secondary N) is 2. The maximum absolute atomic E-state index is 4.74. The lowest BCUT2D eigenvalue weighted by molar-refractivity contribution is 0.460. The maximum Gasteiger partial charge on any atom is 0.191 e.